The van der Waals surface area contributed by atoms with E-state index in [4.69, 9.17) is 5.73 Å². The van der Waals surface area contributed by atoms with Crippen LogP contribution in [-0.4, -0.2) is 24.1 Å². The minimum absolute atomic E-state index is 0.632. The van der Waals surface area contributed by atoms with Crippen LogP contribution in [0.1, 0.15) is 44.9 Å². The molecule has 0 bridgehead atoms. The molecule has 4 nitrogen and oxygen atoms in total. The molecule has 0 spiro atoms. The first-order valence-electron chi connectivity index (χ1n) is 7.11. The van der Waals surface area contributed by atoms with Crippen molar-refractivity contribution in [1.82, 2.24) is 9.97 Å². The van der Waals surface area contributed by atoms with Crippen molar-refractivity contribution in [2.75, 3.05) is 24.7 Å². The second-order valence-corrected chi connectivity index (χ2v) is 6.14. The van der Waals surface area contributed by atoms with E-state index in [0.717, 1.165) is 30.0 Å². The Morgan fingerprint density at radius 2 is 1.79 bits per heavy atom. The summed E-state index contributed by atoms with van der Waals surface area (Å²) in [4.78, 5) is 10.8. The van der Waals surface area contributed by atoms with Crippen LogP contribution in [0.2, 0.25) is 0 Å². The predicted molar refractivity (Wildman–Crippen MR) is 82.4 cm³/mol. The predicted octanol–water partition coefficient (Wildman–Crippen LogP) is 3.05. The number of hydrogen-bond donors (Lipinski definition) is 1. The SMILES string of the molecule is Cc1nc(N(C)C)nc(N)c1CCC(C)CC(C)C. The van der Waals surface area contributed by atoms with Gasteiger partial charge in [-0.3, -0.25) is 0 Å². The Morgan fingerprint density at radius 1 is 1.16 bits per heavy atom. The van der Waals surface area contributed by atoms with Gasteiger partial charge in [-0.1, -0.05) is 20.8 Å². The summed E-state index contributed by atoms with van der Waals surface area (Å²) in [6, 6.07) is 0. The van der Waals surface area contributed by atoms with Crippen LogP contribution in [0.3, 0.4) is 0 Å². The van der Waals surface area contributed by atoms with Crippen molar-refractivity contribution in [2.24, 2.45) is 11.8 Å². The zero-order chi connectivity index (χ0) is 14.6. The lowest BCUT2D eigenvalue weighted by molar-refractivity contribution is 0.415. The maximum absolute atomic E-state index is 6.07. The van der Waals surface area contributed by atoms with Crippen LogP contribution in [0.25, 0.3) is 0 Å². The van der Waals surface area contributed by atoms with E-state index in [1.807, 2.05) is 25.9 Å². The molecule has 0 aliphatic heterocycles. The normalized spacial score (nSPS) is 12.8. The highest BCUT2D eigenvalue weighted by atomic mass is 15.2. The zero-order valence-electron chi connectivity index (χ0n) is 13.2. The van der Waals surface area contributed by atoms with Crippen molar-refractivity contribution >= 4 is 11.8 Å². The summed E-state index contributed by atoms with van der Waals surface area (Å²) in [5, 5.41) is 0. The molecule has 4 heteroatoms. The van der Waals surface area contributed by atoms with E-state index >= 15 is 0 Å². The lowest BCUT2D eigenvalue weighted by Gasteiger charge is -2.17. The molecule has 1 unspecified atom stereocenters. The molecule has 1 aromatic rings. The Kier molecular flexibility index (Phi) is 5.58. The fraction of sp³-hybridized carbons (Fsp3) is 0.733. The van der Waals surface area contributed by atoms with Gasteiger partial charge in [-0.25, -0.2) is 4.98 Å². The monoisotopic (exact) mass is 264 g/mol. The van der Waals surface area contributed by atoms with Gasteiger partial charge in [0, 0.05) is 25.4 Å². The second kappa shape index (κ2) is 6.73. The summed E-state index contributed by atoms with van der Waals surface area (Å²) in [7, 11) is 3.86. The Bertz CT molecular complexity index is 390. The largest absolute Gasteiger partial charge is 0.383 e. The Hall–Kier alpha value is -1.32. The van der Waals surface area contributed by atoms with E-state index in [1.54, 1.807) is 0 Å². The highest BCUT2D eigenvalue weighted by molar-refractivity contribution is 5.47. The Morgan fingerprint density at radius 3 is 2.26 bits per heavy atom. The molecule has 0 aliphatic rings. The minimum Gasteiger partial charge on any atom is -0.383 e. The number of nitrogens with zero attached hydrogens (tertiary/aromatic N) is 3. The van der Waals surface area contributed by atoms with Crippen molar-refractivity contribution in [3.8, 4) is 0 Å². The van der Waals surface area contributed by atoms with Crippen molar-refractivity contribution in [3.63, 3.8) is 0 Å². The van der Waals surface area contributed by atoms with Crippen LogP contribution in [0.15, 0.2) is 0 Å². The molecular weight excluding hydrogens is 236 g/mol. The van der Waals surface area contributed by atoms with Crippen LogP contribution in [0.5, 0.6) is 0 Å². The van der Waals surface area contributed by atoms with Gasteiger partial charge >= 0.3 is 0 Å². The molecule has 0 aromatic carbocycles. The summed E-state index contributed by atoms with van der Waals surface area (Å²) in [5.41, 5.74) is 8.19. The minimum atomic E-state index is 0.632. The molecule has 0 saturated carbocycles. The van der Waals surface area contributed by atoms with Gasteiger partial charge in [0.2, 0.25) is 5.95 Å². The lowest BCUT2D eigenvalue weighted by atomic mass is 9.93. The topological polar surface area (TPSA) is 55.0 Å². The third-order valence-corrected chi connectivity index (χ3v) is 3.39. The molecule has 1 atom stereocenters. The van der Waals surface area contributed by atoms with Gasteiger partial charge in [0.15, 0.2) is 0 Å². The molecule has 0 aliphatic carbocycles. The van der Waals surface area contributed by atoms with Crippen LogP contribution in [-0.2, 0) is 6.42 Å². The summed E-state index contributed by atoms with van der Waals surface area (Å²) < 4.78 is 0. The first-order chi connectivity index (χ1) is 8.81. The van der Waals surface area contributed by atoms with Gasteiger partial charge in [-0.05, 0) is 38.0 Å². The zero-order valence-corrected chi connectivity index (χ0v) is 13.2. The van der Waals surface area contributed by atoms with Gasteiger partial charge in [-0.2, -0.15) is 4.98 Å². The van der Waals surface area contributed by atoms with Crippen LogP contribution >= 0.6 is 0 Å². The number of hydrogen-bond acceptors (Lipinski definition) is 4. The Balaban J connectivity index is 2.74. The smallest absolute Gasteiger partial charge is 0.227 e. The first kappa shape index (κ1) is 15.7. The maximum Gasteiger partial charge on any atom is 0.227 e. The lowest BCUT2D eigenvalue weighted by Crippen LogP contribution is -2.16. The van der Waals surface area contributed by atoms with Gasteiger partial charge in [0.1, 0.15) is 5.82 Å². The number of anilines is 2. The quantitative estimate of drug-likeness (QED) is 0.858. The summed E-state index contributed by atoms with van der Waals surface area (Å²) in [6.45, 7) is 8.87. The Labute approximate surface area is 117 Å². The first-order valence-corrected chi connectivity index (χ1v) is 7.11. The standard InChI is InChI=1S/C15H28N4/c1-10(2)9-11(3)7-8-13-12(4)17-15(19(5)6)18-14(13)16/h10-11H,7-9H2,1-6H3,(H2,16,17,18). The average Bonchev–Trinajstić information content (AvgIpc) is 2.26. The van der Waals surface area contributed by atoms with Crippen LogP contribution < -0.4 is 10.6 Å². The van der Waals surface area contributed by atoms with Crippen molar-refractivity contribution in [3.05, 3.63) is 11.3 Å². The molecule has 1 rings (SSSR count). The van der Waals surface area contributed by atoms with Gasteiger partial charge in [-0.15, -0.1) is 0 Å². The van der Waals surface area contributed by atoms with Crippen LogP contribution in [0.4, 0.5) is 11.8 Å². The van der Waals surface area contributed by atoms with Crippen LogP contribution in [0, 0.1) is 18.8 Å². The number of nitrogen functional groups attached to an aromatic ring is 1. The fourth-order valence-electron chi connectivity index (χ4n) is 2.43. The number of aromatic nitrogens is 2. The van der Waals surface area contributed by atoms with E-state index < -0.39 is 0 Å². The third-order valence-electron chi connectivity index (χ3n) is 3.39. The van der Waals surface area contributed by atoms with E-state index in [2.05, 4.69) is 30.7 Å². The molecule has 1 aromatic heterocycles. The summed E-state index contributed by atoms with van der Waals surface area (Å²) >= 11 is 0. The molecule has 0 saturated heterocycles. The van der Waals surface area contributed by atoms with Gasteiger partial charge in [0.05, 0.1) is 0 Å². The molecule has 2 N–H and O–H groups in total. The van der Waals surface area contributed by atoms with E-state index in [0.29, 0.717) is 17.7 Å². The van der Waals surface area contributed by atoms with E-state index in [9.17, 15) is 0 Å². The number of rotatable bonds is 6. The number of aryl methyl sites for hydroxylation is 1. The number of nitrogens with two attached hydrogens (primary N) is 1. The second-order valence-electron chi connectivity index (χ2n) is 6.14. The maximum atomic E-state index is 6.07. The van der Waals surface area contributed by atoms with Gasteiger partial charge < -0.3 is 10.6 Å². The molecular formula is C15H28N4. The molecule has 0 amide bonds. The van der Waals surface area contributed by atoms with E-state index in [1.165, 1.54) is 6.42 Å². The van der Waals surface area contributed by atoms with Crippen molar-refractivity contribution in [1.29, 1.82) is 0 Å². The van der Waals surface area contributed by atoms with Crippen molar-refractivity contribution in [2.45, 2.75) is 47.0 Å². The van der Waals surface area contributed by atoms with Crippen molar-refractivity contribution < 1.29 is 0 Å². The molecule has 1 heterocycles. The third kappa shape index (κ3) is 4.69. The molecule has 19 heavy (non-hydrogen) atoms. The highest BCUT2D eigenvalue weighted by Crippen LogP contribution is 2.22. The summed E-state index contributed by atoms with van der Waals surface area (Å²) in [6.07, 6.45) is 3.38. The fourth-order valence-corrected chi connectivity index (χ4v) is 2.43. The highest BCUT2D eigenvalue weighted by Gasteiger charge is 2.12. The van der Waals surface area contributed by atoms with Gasteiger partial charge in [0.25, 0.3) is 0 Å². The molecule has 108 valence electrons. The van der Waals surface area contributed by atoms with E-state index in [-0.39, 0.29) is 0 Å². The average molecular weight is 264 g/mol. The molecule has 0 radical (unpaired) electrons. The summed E-state index contributed by atoms with van der Waals surface area (Å²) in [5.74, 6) is 2.79. The molecule has 0 fully saturated rings.